The maximum atomic E-state index is 7.02. The predicted octanol–water partition coefficient (Wildman–Crippen LogP) is 25.2. The molecule has 0 fully saturated rings. The van der Waals surface area contributed by atoms with Crippen molar-refractivity contribution < 1.29 is 8.83 Å². The molecule has 0 saturated heterocycles. The van der Waals surface area contributed by atoms with Crippen LogP contribution in [0.15, 0.2) is 324 Å². The molecule has 2 heteroatoms. The van der Waals surface area contributed by atoms with Gasteiger partial charge in [0.25, 0.3) is 0 Å². The number of hydrogen-bond donors (Lipinski definition) is 0. The van der Waals surface area contributed by atoms with Crippen LogP contribution in [0.4, 0.5) is 0 Å². The quantitative estimate of drug-likeness (QED) is 0.149. The average molecular weight is 1140 g/mol. The van der Waals surface area contributed by atoms with Crippen molar-refractivity contribution in [3.63, 3.8) is 0 Å². The largest absolute Gasteiger partial charge is 0.456 e. The van der Waals surface area contributed by atoms with Gasteiger partial charge in [-0.3, -0.25) is 0 Å². The van der Waals surface area contributed by atoms with E-state index in [2.05, 4.69) is 309 Å². The highest BCUT2D eigenvalue weighted by Crippen LogP contribution is 2.52. The van der Waals surface area contributed by atoms with Gasteiger partial charge in [0.2, 0.25) is 0 Å². The SMILES string of the molecule is c1ccc2cc(-c3c4ccccc4c(-c4ccc(-c5ccc(-c6ccc(-c7ccc(-c8c9ccccc9c(-c9cccc%10oc%11ccccc%11c9%10)c9ccccc89)c8ccccc78)cc6)c6oc7ccccc7c56)c5ccccc45)c4ccccc34)ccc2c1. The molecule has 0 amide bonds. The Hall–Kier alpha value is -11.8. The monoisotopic (exact) mass is 1140 g/mol. The lowest BCUT2D eigenvalue weighted by Crippen LogP contribution is -1.93. The van der Waals surface area contributed by atoms with Gasteiger partial charge in [-0.2, -0.15) is 0 Å². The normalized spacial score (nSPS) is 12.0. The van der Waals surface area contributed by atoms with Crippen LogP contribution < -0.4 is 0 Å². The number of furan rings is 2. The summed E-state index contributed by atoms with van der Waals surface area (Å²) in [5.41, 5.74) is 20.1. The predicted molar refractivity (Wildman–Crippen MR) is 382 cm³/mol. The first-order valence-electron chi connectivity index (χ1n) is 31.0. The van der Waals surface area contributed by atoms with Crippen LogP contribution in [0.25, 0.3) is 197 Å². The van der Waals surface area contributed by atoms with E-state index in [0.717, 1.165) is 66.1 Å². The topological polar surface area (TPSA) is 26.3 Å². The van der Waals surface area contributed by atoms with E-state index in [0.29, 0.717) is 0 Å². The standard InChI is InChI=1S/C88H52O2/c1-2-21-56-52-57(45-40-53(56)20-1)82-65-26-7-9-28-67(65)83(68-29-10-8-27-66(68)82)74-51-48-64(61-23-4-6-25-63(61)74)75-50-47-59(88-87(75)77-35-16-18-38-80(77)90-88)55-43-41-54(42-44-55)58-46-49-73(62-24-5-3-22-60(58)62)84-69-30-11-13-32-71(69)85(72-33-14-12-31-70(72)84)78-36-19-39-81-86(78)76-34-15-17-37-79(76)89-81/h1-52H. The number of hydrogen-bond acceptors (Lipinski definition) is 2. The van der Waals surface area contributed by atoms with Gasteiger partial charge in [-0.25, -0.2) is 0 Å². The van der Waals surface area contributed by atoms with Crippen molar-refractivity contribution in [3.05, 3.63) is 315 Å². The van der Waals surface area contributed by atoms with Crippen LogP contribution in [0.2, 0.25) is 0 Å². The van der Waals surface area contributed by atoms with Crippen molar-refractivity contribution in [2.75, 3.05) is 0 Å². The molecule has 0 aliphatic rings. The zero-order valence-electron chi connectivity index (χ0n) is 48.8. The lowest BCUT2D eigenvalue weighted by atomic mass is 9.83. The molecule has 0 bridgehead atoms. The Labute approximate surface area is 518 Å². The van der Waals surface area contributed by atoms with E-state index in [1.165, 1.54) is 131 Å². The molecule has 416 valence electrons. The molecule has 0 radical (unpaired) electrons. The van der Waals surface area contributed by atoms with Crippen molar-refractivity contribution in [3.8, 4) is 77.9 Å². The molecule has 2 aromatic heterocycles. The maximum absolute atomic E-state index is 7.02. The second kappa shape index (κ2) is 19.8. The highest BCUT2D eigenvalue weighted by Gasteiger charge is 2.25. The summed E-state index contributed by atoms with van der Waals surface area (Å²) >= 11 is 0. The van der Waals surface area contributed by atoms with E-state index in [4.69, 9.17) is 8.83 Å². The van der Waals surface area contributed by atoms with E-state index in [9.17, 15) is 0 Å². The molecule has 19 rings (SSSR count). The van der Waals surface area contributed by atoms with Gasteiger partial charge in [-0.15, -0.1) is 0 Å². The summed E-state index contributed by atoms with van der Waals surface area (Å²) in [6.45, 7) is 0. The molecule has 2 heterocycles. The molecule has 0 atom stereocenters. The minimum atomic E-state index is 0.869. The summed E-state index contributed by atoms with van der Waals surface area (Å²) in [5.74, 6) is 0. The number of fused-ring (bicyclic) bond motifs is 13. The molecule has 17 aromatic carbocycles. The highest BCUT2D eigenvalue weighted by atomic mass is 16.3. The Bertz CT molecular complexity index is 6100. The van der Waals surface area contributed by atoms with Gasteiger partial charge in [0, 0.05) is 27.1 Å². The van der Waals surface area contributed by atoms with Gasteiger partial charge in [0.05, 0.1) is 0 Å². The molecule has 0 aliphatic heterocycles. The molecular formula is C88H52O2. The van der Waals surface area contributed by atoms with Crippen LogP contribution in [-0.2, 0) is 0 Å². The number of benzene rings is 17. The third-order valence-corrected chi connectivity index (χ3v) is 19.3. The van der Waals surface area contributed by atoms with Crippen molar-refractivity contribution in [2.45, 2.75) is 0 Å². The average Bonchev–Trinajstić information content (AvgIpc) is 0.951. The minimum absolute atomic E-state index is 0.869. The minimum Gasteiger partial charge on any atom is -0.456 e. The fraction of sp³-hybridized carbons (Fsp3) is 0. The van der Waals surface area contributed by atoms with Crippen LogP contribution in [-0.4, -0.2) is 0 Å². The molecule has 0 spiro atoms. The van der Waals surface area contributed by atoms with Crippen molar-refractivity contribution >= 4 is 119 Å². The summed E-state index contributed by atoms with van der Waals surface area (Å²) in [4.78, 5) is 0. The molecule has 0 aliphatic carbocycles. The summed E-state index contributed by atoms with van der Waals surface area (Å²) in [6.07, 6.45) is 0. The first kappa shape index (κ1) is 50.3. The fourth-order valence-corrected chi connectivity index (χ4v) is 15.4. The van der Waals surface area contributed by atoms with E-state index in [1.54, 1.807) is 0 Å². The van der Waals surface area contributed by atoms with E-state index in [1.807, 2.05) is 6.07 Å². The Morgan fingerprint density at radius 1 is 0.167 bits per heavy atom. The van der Waals surface area contributed by atoms with Crippen LogP contribution in [0.1, 0.15) is 0 Å². The van der Waals surface area contributed by atoms with Crippen LogP contribution in [0.5, 0.6) is 0 Å². The maximum Gasteiger partial charge on any atom is 0.143 e. The lowest BCUT2D eigenvalue weighted by molar-refractivity contribution is 0.669. The Morgan fingerprint density at radius 2 is 0.522 bits per heavy atom. The smallest absolute Gasteiger partial charge is 0.143 e. The summed E-state index contributed by atoms with van der Waals surface area (Å²) < 4.78 is 13.5. The van der Waals surface area contributed by atoms with Gasteiger partial charge in [0.15, 0.2) is 0 Å². The van der Waals surface area contributed by atoms with Gasteiger partial charge < -0.3 is 8.83 Å². The van der Waals surface area contributed by atoms with E-state index < -0.39 is 0 Å². The Balaban J connectivity index is 0.728. The third-order valence-electron chi connectivity index (χ3n) is 19.3. The molecule has 0 saturated carbocycles. The van der Waals surface area contributed by atoms with E-state index >= 15 is 0 Å². The first-order chi connectivity index (χ1) is 44.7. The highest BCUT2D eigenvalue weighted by molar-refractivity contribution is 6.29. The van der Waals surface area contributed by atoms with Gasteiger partial charge >= 0.3 is 0 Å². The molecule has 0 N–H and O–H groups in total. The Kier molecular flexibility index (Phi) is 11.1. The van der Waals surface area contributed by atoms with Crippen molar-refractivity contribution in [1.82, 2.24) is 0 Å². The lowest BCUT2D eigenvalue weighted by Gasteiger charge is -2.20. The zero-order valence-corrected chi connectivity index (χ0v) is 48.8. The second-order valence-electron chi connectivity index (χ2n) is 24.0. The van der Waals surface area contributed by atoms with Gasteiger partial charge in [-0.05, 0) is 178 Å². The summed E-state index contributed by atoms with van der Waals surface area (Å²) in [7, 11) is 0. The fourth-order valence-electron chi connectivity index (χ4n) is 15.4. The third kappa shape index (κ3) is 7.52. The van der Waals surface area contributed by atoms with Gasteiger partial charge in [-0.1, -0.05) is 285 Å². The summed E-state index contributed by atoms with van der Waals surface area (Å²) in [5, 5.41) is 21.6. The second-order valence-corrected chi connectivity index (χ2v) is 24.0. The molecular weight excluding hydrogens is 1090 g/mol. The van der Waals surface area contributed by atoms with Crippen LogP contribution in [0, 0.1) is 0 Å². The molecule has 19 aromatic rings. The zero-order chi connectivity index (χ0) is 59.0. The number of para-hydroxylation sites is 2. The van der Waals surface area contributed by atoms with E-state index in [-0.39, 0.29) is 0 Å². The molecule has 2 nitrogen and oxygen atoms in total. The molecule has 0 unspecified atom stereocenters. The van der Waals surface area contributed by atoms with Crippen LogP contribution >= 0.6 is 0 Å². The Morgan fingerprint density at radius 3 is 1.08 bits per heavy atom. The van der Waals surface area contributed by atoms with Gasteiger partial charge in [0.1, 0.15) is 22.3 Å². The number of rotatable bonds is 7. The first-order valence-corrected chi connectivity index (χ1v) is 31.0. The summed E-state index contributed by atoms with van der Waals surface area (Å²) in [6, 6.07) is 116. The van der Waals surface area contributed by atoms with Crippen LogP contribution in [0.3, 0.4) is 0 Å². The van der Waals surface area contributed by atoms with Crippen molar-refractivity contribution in [1.29, 1.82) is 0 Å². The van der Waals surface area contributed by atoms with Crippen molar-refractivity contribution in [2.24, 2.45) is 0 Å². The molecule has 90 heavy (non-hydrogen) atoms.